The summed E-state index contributed by atoms with van der Waals surface area (Å²) in [7, 11) is -7.15. The number of hydrogen-bond acceptors (Lipinski definition) is 12. The van der Waals surface area contributed by atoms with Gasteiger partial charge in [0.05, 0.1) is 60.2 Å². The molecule has 3 aromatic rings. The minimum atomic E-state index is -3.82. The molecule has 1 aromatic carbocycles. The predicted molar refractivity (Wildman–Crippen MR) is 172 cm³/mol. The zero-order valence-corrected chi connectivity index (χ0v) is 27.6. The van der Waals surface area contributed by atoms with E-state index in [4.69, 9.17) is 14.8 Å². The smallest absolute Gasteiger partial charge is 0.365 e. The Morgan fingerprint density at radius 1 is 1.04 bits per heavy atom. The highest BCUT2D eigenvalue weighted by Gasteiger charge is 2.36. The van der Waals surface area contributed by atoms with Crippen LogP contribution in [0.5, 0.6) is 0 Å². The van der Waals surface area contributed by atoms with Gasteiger partial charge in [-0.3, -0.25) is 24.3 Å². The molecule has 0 radical (unpaired) electrons. The minimum Gasteiger partial charge on any atom is -0.382 e. The fraction of sp³-hybridized carbons (Fsp3) is 0.452. The van der Waals surface area contributed by atoms with E-state index in [1.54, 1.807) is 50.4 Å². The topological polar surface area (TPSA) is 185 Å². The third-order valence-electron chi connectivity index (χ3n) is 7.31. The molecule has 4 rings (SSSR count). The molecule has 1 aliphatic carbocycles. The molecule has 0 spiro atoms. The molecule has 2 heterocycles. The average molecular weight is 660 g/mol. The molecule has 0 aliphatic heterocycles. The van der Waals surface area contributed by atoms with Gasteiger partial charge < -0.3 is 19.9 Å². The SMILES string of the molecule is C=Cc1cnc(N)cn1.CCOP(=O)(OCC)C(O)c1cnc(CC(=O)[C@H](CC2CCCC2)c2ccc(S(C)(=O)=O)cc2)cn1. The maximum atomic E-state index is 13.4. The molecule has 14 heteroatoms. The average Bonchev–Trinajstić information content (AvgIpc) is 3.54. The van der Waals surface area contributed by atoms with Gasteiger partial charge in [0.25, 0.3) is 0 Å². The van der Waals surface area contributed by atoms with Crippen LogP contribution in [-0.2, 0) is 34.7 Å². The van der Waals surface area contributed by atoms with Gasteiger partial charge in [0.1, 0.15) is 11.6 Å². The molecule has 2 atom stereocenters. The Balaban J connectivity index is 0.000000525. The van der Waals surface area contributed by atoms with E-state index < -0.39 is 23.3 Å². The highest BCUT2D eigenvalue weighted by atomic mass is 32.2. The van der Waals surface area contributed by atoms with Crippen molar-refractivity contribution in [2.24, 2.45) is 5.92 Å². The van der Waals surface area contributed by atoms with Crippen molar-refractivity contribution in [3.63, 3.8) is 0 Å². The Bertz CT molecular complexity index is 1540. The van der Waals surface area contributed by atoms with E-state index in [9.17, 15) is 22.9 Å². The van der Waals surface area contributed by atoms with Crippen LogP contribution in [-0.4, -0.2) is 58.7 Å². The summed E-state index contributed by atoms with van der Waals surface area (Å²) in [5.41, 5.74) is 7.26. The Hall–Kier alpha value is -3.35. The van der Waals surface area contributed by atoms with Gasteiger partial charge in [-0.05, 0) is 50.0 Å². The Kier molecular flexibility index (Phi) is 13.5. The van der Waals surface area contributed by atoms with Crippen LogP contribution in [0.1, 0.15) is 80.4 Å². The number of nitrogen functional groups attached to an aromatic ring is 1. The van der Waals surface area contributed by atoms with Crippen molar-refractivity contribution in [1.29, 1.82) is 0 Å². The van der Waals surface area contributed by atoms with Crippen molar-refractivity contribution >= 4 is 35.1 Å². The van der Waals surface area contributed by atoms with E-state index in [2.05, 4.69) is 26.5 Å². The first-order valence-corrected chi connectivity index (χ1v) is 18.3. The summed E-state index contributed by atoms with van der Waals surface area (Å²) < 4.78 is 46.9. The number of sulfone groups is 1. The van der Waals surface area contributed by atoms with Crippen molar-refractivity contribution in [3.05, 3.63) is 78.3 Å². The number of aliphatic hydroxyl groups excluding tert-OH is 1. The second-order valence-corrected chi connectivity index (χ2v) is 14.8. The molecule has 1 aliphatic rings. The standard InChI is InChI=1S/C25H35N2O7PS.C6H7N3/c1-4-33-35(30,34-5-2)25(29)23-17-26-20(16-27-23)15-24(28)22(14-18-8-6-7-9-18)19-10-12-21(13-11-19)36(3,31)32;1-2-5-3-9-6(7)4-8-5/h10-13,16-18,22,25,29H,4-9,14-15H2,1-3H3;2-4H,1H2,(H2,7,9)/t22-,25?;/m1./s1. The van der Waals surface area contributed by atoms with Crippen molar-refractivity contribution < 1.29 is 31.9 Å². The van der Waals surface area contributed by atoms with Crippen LogP contribution in [0.4, 0.5) is 5.82 Å². The van der Waals surface area contributed by atoms with E-state index in [1.165, 1.54) is 18.6 Å². The lowest BCUT2D eigenvalue weighted by atomic mass is 9.83. The Labute approximate surface area is 265 Å². The lowest BCUT2D eigenvalue weighted by molar-refractivity contribution is -0.120. The lowest BCUT2D eigenvalue weighted by Crippen LogP contribution is -2.19. The molecule has 0 bridgehead atoms. The fourth-order valence-corrected chi connectivity index (χ4v) is 7.19. The molecule has 1 fully saturated rings. The van der Waals surface area contributed by atoms with E-state index in [0.717, 1.165) is 43.2 Å². The first-order valence-electron chi connectivity index (χ1n) is 14.8. The number of aliphatic hydroxyl groups is 1. The fourth-order valence-electron chi connectivity index (χ4n) is 5.03. The number of benzene rings is 1. The Morgan fingerprint density at radius 3 is 2.18 bits per heavy atom. The molecule has 12 nitrogen and oxygen atoms in total. The monoisotopic (exact) mass is 659 g/mol. The lowest BCUT2D eigenvalue weighted by Gasteiger charge is -2.22. The van der Waals surface area contributed by atoms with Crippen LogP contribution in [0.15, 0.2) is 60.5 Å². The number of ketones is 1. The van der Waals surface area contributed by atoms with Gasteiger partial charge in [-0.15, -0.1) is 0 Å². The summed E-state index contributed by atoms with van der Waals surface area (Å²) in [6, 6.07) is 6.53. The molecule has 244 valence electrons. The van der Waals surface area contributed by atoms with Crippen LogP contribution in [0.25, 0.3) is 6.08 Å². The number of hydrogen-bond donors (Lipinski definition) is 2. The van der Waals surface area contributed by atoms with Gasteiger partial charge >= 0.3 is 7.60 Å². The Morgan fingerprint density at radius 2 is 1.69 bits per heavy atom. The summed E-state index contributed by atoms with van der Waals surface area (Å²) in [6.45, 7) is 7.01. The summed E-state index contributed by atoms with van der Waals surface area (Å²) >= 11 is 0. The molecule has 1 unspecified atom stereocenters. The van der Waals surface area contributed by atoms with Crippen LogP contribution >= 0.6 is 7.60 Å². The molecule has 45 heavy (non-hydrogen) atoms. The molecule has 0 saturated heterocycles. The van der Waals surface area contributed by atoms with Crippen molar-refractivity contribution in [1.82, 2.24) is 19.9 Å². The van der Waals surface area contributed by atoms with Gasteiger partial charge in [-0.2, -0.15) is 0 Å². The third kappa shape index (κ3) is 10.6. The maximum absolute atomic E-state index is 13.4. The summed E-state index contributed by atoms with van der Waals surface area (Å²) in [5, 5.41) is 10.5. The molecule has 1 saturated carbocycles. The van der Waals surface area contributed by atoms with Crippen molar-refractivity contribution in [3.8, 4) is 0 Å². The predicted octanol–water partition coefficient (Wildman–Crippen LogP) is 5.31. The van der Waals surface area contributed by atoms with Crippen LogP contribution in [0, 0.1) is 5.92 Å². The maximum Gasteiger partial charge on any atom is 0.365 e. The normalized spacial score (nSPS) is 15.1. The number of anilines is 1. The molecule has 0 amide bonds. The van der Waals surface area contributed by atoms with Gasteiger partial charge in [0.2, 0.25) is 0 Å². The van der Waals surface area contributed by atoms with E-state index >= 15 is 0 Å². The van der Waals surface area contributed by atoms with Gasteiger partial charge in [-0.25, -0.2) is 13.4 Å². The zero-order valence-electron chi connectivity index (χ0n) is 25.9. The van der Waals surface area contributed by atoms with E-state index in [-0.39, 0.29) is 41.9 Å². The quantitative estimate of drug-likeness (QED) is 0.213. The van der Waals surface area contributed by atoms with Crippen LogP contribution in [0.2, 0.25) is 0 Å². The molecule has 3 N–H and O–H groups in total. The zero-order chi connectivity index (χ0) is 33.0. The van der Waals surface area contributed by atoms with E-state index in [1.807, 2.05) is 0 Å². The van der Waals surface area contributed by atoms with Gasteiger partial charge in [0, 0.05) is 18.4 Å². The largest absolute Gasteiger partial charge is 0.382 e. The summed E-state index contributed by atoms with van der Waals surface area (Å²) in [5.74, 6) is -1.13. The highest BCUT2D eigenvalue weighted by Crippen LogP contribution is 2.59. The molecular weight excluding hydrogens is 617 g/mol. The second kappa shape index (κ2) is 16.8. The number of nitrogens with two attached hydrogens (primary N) is 1. The van der Waals surface area contributed by atoms with Crippen molar-refractivity contribution in [2.45, 2.75) is 69.0 Å². The number of carbonyl (C=O) groups excluding carboxylic acids is 1. The highest BCUT2D eigenvalue weighted by molar-refractivity contribution is 7.90. The number of rotatable bonds is 14. The summed E-state index contributed by atoms with van der Waals surface area (Å²) in [6.07, 6.45) is 13.7. The second-order valence-electron chi connectivity index (χ2n) is 10.7. The number of carbonyl (C=O) groups is 1. The first-order chi connectivity index (χ1) is 21.4. The number of Topliss-reactive ketones (excluding diaryl/α,β-unsaturated/α-hetero) is 1. The van der Waals surface area contributed by atoms with Gasteiger partial charge in [-0.1, -0.05) is 44.4 Å². The molecular formula is C31H42N5O7PS. The first kappa shape index (κ1) is 36.1. The van der Waals surface area contributed by atoms with Gasteiger partial charge in [0.15, 0.2) is 15.7 Å². The van der Waals surface area contributed by atoms with Crippen LogP contribution < -0.4 is 5.73 Å². The summed E-state index contributed by atoms with van der Waals surface area (Å²) in [4.78, 5) is 29.8. The number of nitrogens with zero attached hydrogens (tertiary/aromatic N) is 4. The molecule has 2 aromatic heterocycles. The minimum absolute atomic E-state index is 0.0309. The number of aromatic nitrogens is 4. The third-order valence-corrected chi connectivity index (χ3v) is 10.5. The van der Waals surface area contributed by atoms with Crippen molar-refractivity contribution in [2.75, 3.05) is 25.2 Å². The van der Waals surface area contributed by atoms with Crippen LogP contribution in [0.3, 0.4) is 0 Å². The van der Waals surface area contributed by atoms with E-state index in [0.29, 0.717) is 23.9 Å².